The van der Waals surface area contributed by atoms with Crippen LogP contribution < -0.4 is 4.90 Å². The molecule has 3 rings (SSSR count). The minimum Gasteiger partial charge on any atom is -0.311 e. The van der Waals surface area contributed by atoms with Crippen LogP contribution in [0.15, 0.2) is 83.8 Å². The zero-order chi connectivity index (χ0) is 19.4. The van der Waals surface area contributed by atoms with Crippen molar-refractivity contribution in [2.45, 2.75) is 31.1 Å². The second-order valence-corrected chi connectivity index (χ2v) is 7.96. The lowest BCUT2D eigenvalue weighted by atomic mass is 9.98. The van der Waals surface area contributed by atoms with Crippen LogP contribution in [0.1, 0.15) is 31.7 Å². The Hall–Kier alpha value is -2.63. The number of hydrogen-bond donors (Lipinski definition) is 1. The van der Waals surface area contributed by atoms with E-state index in [1.807, 2.05) is 35.2 Å². The lowest BCUT2D eigenvalue weighted by molar-refractivity contribution is 0.483. The Kier molecular flexibility index (Phi) is 5.63. The average Bonchev–Trinajstić information content (AvgIpc) is 2.69. The average molecular weight is 381 g/mol. The molecule has 0 radical (unpaired) electrons. The van der Waals surface area contributed by atoms with Crippen LogP contribution in [0, 0.1) is 0 Å². The Balaban J connectivity index is 2.05. The zero-order valence-corrected chi connectivity index (χ0v) is 16.2. The van der Waals surface area contributed by atoms with E-state index >= 15 is 0 Å². The number of para-hydroxylation sites is 1. The summed E-state index contributed by atoms with van der Waals surface area (Å²) in [7, 11) is -4.21. The van der Waals surface area contributed by atoms with Crippen molar-refractivity contribution < 1.29 is 13.0 Å². The summed E-state index contributed by atoms with van der Waals surface area (Å²) in [6.07, 6.45) is 1.08. The third-order valence-corrected chi connectivity index (χ3v) is 5.61. The molecular weight excluding hydrogens is 358 g/mol. The molecule has 0 amide bonds. The molecular formula is C22H23NO3S. The lowest BCUT2D eigenvalue weighted by Crippen LogP contribution is -2.10. The summed E-state index contributed by atoms with van der Waals surface area (Å²) in [4.78, 5) is 1.93. The van der Waals surface area contributed by atoms with Gasteiger partial charge in [-0.1, -0.05) is 44.2 Å². The Labute approximate surface area is 160 Å². The Morgan fingerprint density at radius 3 is 1.78 bits per heavy atom. The second-order valence-electron chi connectivity index (χ2n) is 6.54. The van der Waals surface area contributed by atoms with Gasteiger partial charge in [-0.05, 0) is 66.4 Å². The maximum absolute atomic E-state index is 11.3. The van der Waals surface area contributed by atoms with Crippen LogP contribution in [0.2, 0.25) is 0 Å². The van der Waals surface area contributed by atoms with Gasteiger partial charge in [-0.3, -0.25) is 4.55 Å². The fourth-order valence-corrected chi connectivity index (χ4v) is 3.46. The fourth-order valence-electron chi connectivity index (χ4n) is 2.98. The Morgan fingerprint density at radius 1 is 0.815 bits per heavy atom. The molecule has 1 unspecified atom stereocenters. The van der Waals surface area contributed by atoms with Gasteiger partial charge in [-0.15, -0.1) is 0 Å². The molecule has 1 atom stereocenters. The standard InChI is InChI=1S/C22H23NO3S/c1-3-17(2)18-9-11-20(12-10-18)23(19-7-5-4-6-8-19)21-13-15-22(16-14-21)27(24,25)26/h4-17H,3H2,1-2H3,(H,24,25,26). The number of anilines is 3. The summed E-state index contributed by atoms with van der Waals surface area (Å²) in [6, 6.07) is 24.5. The largest absolute Gasteiger partial charge is 0.311 e. The summed E-state index contributed by atoms with van der Waals surface area (Å²) in [5.74, 6) is 0.498. The topological polar surface area (TPSA) is 57.6 Å². The first-order valence-corrected chi connectivity index (χ1v) is 10.4. The van der Waals surface area contributed by atoms with E-state index in [2.05, 4.69) is 38.1 Å². The van der Waals surface area contributed by atoms with Gasteiger partial charge in [0.25, 0.3) is 10.1 Å². The highest BCUT2D eigenvalue weighted by atomic mass is 32.2. The number of nitrogens with zero attached hydrogens (tertiary/aromatic N) is 1. The van der Waals surface area contributed by atoms with Gasteiger partial charge in [0.15, 0.2) is 0 Å². The molecule has 0 aromatic heterocycles. The van der Waals surface area contributed by atoms with Crippen molar-refractivity contribution in [2.24, 2.45) is 0 Å². The van der Waals surface area contributed by atoms with E-state index < -0.39 is 10.1 Å². The first kappa shape index (κ1) is 19.1. The minimum absolute atomic E-state index is 0.119. The maximum atomic E-state index is 11.3. The molecule has 27 heavy (non-hydrogen) atoms. The second kappa shape index (κ2) is 7.94. The van der Waals surface area contributed by atoms with E-state index in [0.717, 1.165) is 23.5 Å². The van der Waals surface area contributed by atoms with Crippen LogP contribution in [0.5, 0.6) is 0 Å². The van der Waals surface area contributed by atoms with Gasteiger partial charge in [0.1, 0.15) is 0 Å². The third-order valence-electron chi connectivity index (χ3n) is 4.74. The van der Waals surface area contributed by atoms with Crippen LogP contribution in [-0.2, 0) is 10.1 Å². The highest BCUT2D eigenvalue weighted by molar-refractivity contribution is 7.85. The highest BCUT2D eigenvalue weighted by Gasteiger charge is 2.15. The number of rotatable bonds is 6. The Morgan fingerprint density at radius 2 is 1.30 bits per heavy atom. The van der Waals surface area contributed by atoms with Crippen molar-refractivity contribution in [2.75, 3.05) is 4.90 Å². The molecule has 1 N–H and O–H groups in total. The summed E-state index contributed by atoms with van der Waals surface area (Å²) in [6.45, 7) is 4.38. The minimum atomic E-state index is -4.21. The van der Waals surface area contributed by atoms with Crippen LogP contribution in [-0.4, -0.2) is 13.0 Å². The van der Waals surface area contributed by atoms with Gasteiger partial charge in [-0.25, -0.2) is 0 Å². The molecule has 0 spiro atoms. The fraction of sp³-hybridized carbons (Fsp3) is 0.182. The molecule has 0 aliphatic rings. The van der Waals surface area contributed by atoms with Gasteiger partial charge in [0.05, 0.1) is 4.90 Å². The molecule has 0 saturated heterocycles. The van der Waals surface area contributed by atoms with E-state index in [4.69, 9.17) is 0 Å². The van der Waals surface area contributed by atoms with Gasteiger partial charge < -0.3 is 4.90 Å². The number of benzene rings is 3. The van der Waals surface area contributed by atoms with Crippen molar-refractivity contribution >= 4 is 27.2 Å². The molecule has 0 heterocycles. The van der Waals surface area contributed by atoms with Crippen LogP contribution >= 0.6 is 0 Å². The maximum Gasteiger partial charge on any atom is 0.294 e. The molecule has 3 aromatic rings. The van der Waals surface area contributed by atoms with E-state index in [1.54, 1.807) is 12.1 Å². The van der Waals surface area contributed by atoms with Crippen molar-refractivity contribution in [3.8, 4) is 0 Å². The summed E-state index contributed by atoms with van der Waals surface area (Å²) < 4.78 is 31.9. The normalized spacial score (nSPS) is 12.6. The first-order chi connectivity index (χ1) is 12.9. The van der Waals surface area contributed by atoms with Crippen LogP contribution in [0.4, 0.5) is 17.1 Å². The van der Waals surface area contributed by atoms with E-state index in [-0.39, 0.29) is 4.90 Å². The predicted molar refractivity (Wildman–Crippen MR) is 110 cm³/mol. The van der Waals surface area contributed by atoms with Crippen LogP contribution in [0.25, 0.3) is 0 Å². The molecule has 140 valence electrons. The van der Waals surface area contributed by atoms with Gasteiger partial charge in [-0.2, -0.15) is 8.42 Å². The molecule has 4 nitrogen and oxygen atoms in total. The predicted octanol–water partition coefficient (Wildman–Crippen LogP) is 5.92. The van der Waals surface area contributed by atoms with Gasteiger partial charge in [0.2, 0.25) is 0 Å². The molecule has 5 heteroatoms. The summed E-state index contributed by atoms with van der Waals surface area (Å²) >= 11 is 0. The molecule has 0 bridgehead atoms. The first-order valence-electron chi connectivity index (χ1n) is 8.93. The van der Waals surface area contributed by atoms with Crippen molar-refractivity contribution in [3.63, 3.8) is 0 Å². The summed E-state index contributed by atoms with van der Waals surface area (Å²) in [5.41, 5.74) is 4.04. The van der Waals surface area contributed by atoms with Crippen molar-refractivity contribution in [1.82, 2.24) is 0 Å². The smallest absolute Gasteiger partial charge is 0.294 e. The third kappa shape index (κ3) is 4.38. The molecule has 0 aliphatic heterocycles. The molecule has 0 fully saturated rings. The molecule has 3 aromatic carbocycles. The number of hydrogen-bond acceptors (Lipinski definition) is 3. The SMILES string of the molecule is CCC(C)c1ccc(N(c2ccccc2)c2ccc(S(=O)(=O)O)cc2)cc1. The van der Waals surface area contributed by atoms with E-state index in [9.17, 15) is 13.0 Å². The summed E-state index contributed by atoms with van der Waals surface area (Å²) in [5, 5.41) is 0. The van der Waals surface area contributed by atoms with Gasteiger partial charge in [0, 0.05) is 17.1 Å². The quantitative estimate of drug-likeness (QED) is 0.539. The highest BCUT2D eigenvalue weighted by Crippen LogP contribution is 2.35. The Bertz CT molecular complexity index is 982. The van der Waals surface area contributed by atoms with E-state index in [1.165, 1.54) is 17.7 Å². The van der Waals surface area contributed by atoms with Crippen molar-refractivity contribution in [1.29, 1.82) is 0 Å². The molecule has 0 aliphatic carbocycles. The van der Waals surface area contributed by atoms with Crippen molar-refractivity contribution in [3.05, 3.63) is 84.4 Å². The zero-order valence-electron chi connectivity index (χ0n) is 15.4. The monoisotopic (exact) mass is 381 g/mol. The van der Waals surface area contributed by atoms with E-state index in [0.29, 0.717) is 5.92 Å². The van der Waals surface area contributed by atoms with Gasteiger partial charge >= 0.3 is 0 Å². The molecule has 0 saturated carbocycles. The lowest BCUT2D eigenvalue weighted by Gasteiger charge is -2.26. The van der Waals surface area contributed by atoms with Crippen LogP contribution in [0.3, 0.4) is 0 Å².